The molecule has 0 spiro atoms. The Bertz CT molecular complexity index is 1000. The van der Waals surface area contributed by atoms with Gasteiger partial charge in [0.1, 0.15) is 11.6 Å². The summed E-state index contributed by atoms with van der Waals surface area (Å²) in [7, 11) is 0. The zero-order valence-electron chi connectivity index (χ0n) is 16.7. The maximum Gasteiger partial charge on any atom is 0.145 e. The number of nitrogens with one attached hydrogen (secondary N) is 1. The van der Waals surface area contributed by atoms with E-state index >= 15 is 0 Å². The lowest BCUT2D eigenvalue weighted by molar-refractivity contribution is 0.323. The van der Waals surface area contributed by atoms with Crippen LogP contribution in [0.5, 0.6) is 0 Å². The summed E-state index contributed by atoms with van der Waals surface area (Å²) >= 11 is 6.43. The fraction of sp³-hybridized carbons (Fsp3) is 0.348. The SMILES string of the molecule is NC1CCC(Cc2cc(-c3cncc(NCc4cccc(F)c4)n3)c(Cl)cn2)CC1. The van der Waals surface area contributed by atoms with E-state index in [0.717, 1.165) is 48.9 Å². The van der Waals surface area contributed by atoms with Crippen LogP contribution < -0.4 is 11.1 Å². The van der Waals surface area contributed by atoms with E-state index < -0.39 is 0 Å². The van der Waals surface area contributed by atoms with Crippen molar-refractivity contribution in [1.29, 1.82) is 0 Å². The fourth-order valence-electron chi connectivity index (χ4n) is 3.90. The summed E-state index contributed by atoms with van der Waals surface area (Å²) in [5.74, 6) is 0.953. The highest BCUT2D eigenvalue weighted by Crippen LogP contribution is 2.30. The van der Waals surface area contributed by atoms with Gasteiger partial charge in [-0.15, -0.1) is 0 Å². The summed E-state index contributed by atoms with van der Waals surface area (Å²) in [5, 5.41) is 3.73. The van der Waals surface area contributed by atoms with Crippen molar-refractivity contribution in [2.24, 2.45) is 11.7 Å². The Kier molecular flexibility index (Phi) is 6.55. The van der Waals surface area contributed by atoms with Gasteiger partial charge in [-0.05, 0) is 61.8 Å². The van der Waals surface area contributed by atoms with E-state index in [0.29, 0.717) is 35.0 Å². The molecule has 1 aliphatic rings. The molecule has 1 aromatic carbocycles. The van der Waals surface area contributed by atoms with Gasteiger partial charge < -0.3 is 11.1 Å². The first-order valence-electron chi connectivity index (χ1n) is 10.3. The molecule has 1 aliphatic carbocycles. The van der Waals surface area contributed by atoms with Crippen LogP contribution in [0.3, 0.4) is 0 Å². The van der Waals surface area contributed by atoms with Gasteiger partial charge in [-0.2, -0.15) is 0 Å². The summed E-state index contributed by atoms with van der Waals surface area (Å²) in [6.07, 6.45) is 10.4. The standard InChI is InChI=1S/C23H25ClFN5/c24-21-12-28-19(9-15-4-6-18(26)7-5-15)10-20(21)22-13-27-14-23(30-22)29-11-16-2-1-3-17(25)8-16/h1-3,8,10,12-15,18H,4-7,9,11,26H2,(H,29,30). The van der Waals surface area contributed by atoms with Gasteiger partial charge in [-0.1, -0.05) is 23.7 Å². The highest BCUT2D eigenvalue weighted by atomic mass is 35.5. The number of nitrogens with zero attached hydrogens (tertiary/aromatic N) is 3. The van der Waals surface area contributed by atoms with Gasteiger partial charge in [-0.25, -0.2) is 9.37 Å². The third kappa shape index (κ3) is 5.32. The minimum Gasteiger partial charge on any atom is -0.365 e. The maximum atomic E-state index is 13.4. The second-order valence-corrected chi connectivity index (χ2v) is 8.32. The highest BCUT2D eigenvalue weighted by Gasteiger charge is 2.20. The van der Waals surface area contributed by atoms with Crippen molar-refractivity contribution in [3.8, 4) is 11.3 Å². The van der Waals surface area contributed by atoms with Gasteiger partial charge in [-0.3, -0.25) is 9.97 Å². The first kappa shape index (κ1) is 20.7. The van der Waals surface area contributed by atoms with Crippen LogP contribution >= 0.6 is 11.6 Å². The van der Waals surface area contributed by atoms with Crippen LogP contribution in [0.2, 0.25) is 5.02 Å². The number of rotatable bonds is 6. The summed E-state index contributed by atoms with van der Waals surface area (Å²) in [6.45, 7) is 0.453. The van der Waals surface area contributed by atoms with Crippen LogP contribution in [-0.4, -0.2) is 21.0 Å². The third-order valence-corrected chi connectivity index (χ3v) is 5.88. The molecule has 0 radical (unpaired) electrons. The Labute approximate surface area is 180 Å². The van der Waals surface area contributed by atoms with Crippen LogP contribution in [0.1, 0.15) is 36.9 Å². The molecule has 0 unspecified atom stereocenters. The van der Waals surface area contributed by atoms with Gasteiger partial charge in [0.25, 0.3) is 0 Å². The zero-order chi connectivity index (χ0) is 20.9. The number of anilines is 1. The first-order chi connectivity index (χ1) is 14.6. The Hall–Kier alpha value is -2.57. The smallest absolute Gasteiger partial charge is 0.145 e. The molecule has 5 nitrogen and oxygen atoms in total. The first-order valence-corrected chi connectivity index (χ1v) is 10.7. The van der Waals surface area contributed by atoms with Crippen molar-refractivity contribution in [2.75, 3.05) is 5.32 Å². The normalized spacial score (nSPS) is 18.9. The summed E-state index contributed by atoms with van der Waals surface area (Å²) in [4.78, 5) is 13.5. The second-order valence-electron chi connectivity index (χ2n) is 7.91. The second kappa shape index (κ2) is 9.49. The predicted molar refractivity (Wildman–Crippen MR) is 118 cm³/mol. The Morgan fingerprint density at radius 2 is 1.93 bits per heavy atom. The van der Waals surface area contributed by atoms with Crippen molar-refractivity contribution in [1.82, 2.24) is 15.0 Å². The molecule has 0 aliphatic heterocycles. The van der Waals surface area contributed by atoms with Crippen LogP contribution in [0.15, 0.2) is 48.9 Å². The molecular weight excluding hydrogens is 401 g/mol. The molecule has 0 bridgehead atoms. The Balaban J connectivity index is 1.48. The average Bonchev–Trinajstić information content (AvgIpc) is 2.75. The van der Waals surface area contributed by atoms with E-state index in [4.69, 9.17) is 17.3 Å². The minimum absolute atomic E-state index is 0.259. The van der Waals surface area contributed by atoms with Gasteiger partial charge in [0.15, 0.2) is 0 Å². The molecule has 2 aromatic heterocycles. The molecule has 3 N–H and O–H groups in total. The van der Waals surface area contributed by atoms with Crippen molar-refractivity contribution < 1.29 is 4.39 Å². The lowest BCUT2D eigenvalue weighted by Crippen LogP contribution is -2.27. The van der Waals surface area contributed by atoms with E-state index in [1.807, 2.05) is 12.1 Å². The molecule has 1 fully saturated rings. The molecule has 0 saturated heterocycles. The molecule has 156 valence electrons. The van der Waals surface area contributed by atoms with Crippen LogP contribution in [-0.2, 0) is 13.0 Å². The highest BCUT2D eigenvalue weighted by molar-refractivity contribution is 6.33. The van der Waals surface area contributed by atoms with Crippen LogP contribution in [0.25, 0.3) is 11.3 Å². The minimum atomic E-state index is -0.259. The average molecular weight is 426 g/mol. The van der Waals surface area contributed by atoms with Gasteiger partial charge in [0, 0.05) is 30.0 Å². The molecule has 0 amide bonds. The van der Waals surface area contributed by atoms with Crippen molar-refractivity contribution in [3.05, 3.63) is 71.0 Å². The monoisotopic (exact) mass is 425 g/mol. The fourth-order valence-corrected chi connectivity index (χ4v) is 4.10. The molecule has 0 atom stereocenters. The topological polar surface area (TPSA) is 76.7 Å². The van der Waals surface area contributed by atoms with Gasteiger partial charge in [0.05, 0.1) is 23.1 Å². The molecule has 30 heavy (non-hydrogen) atoms. The van der Waals surface area contributed by atoms with E-state index in [2.05, 4.69) is 20.3 Å². The number of halogens is 2. The molecule has 7 heteroatoms. The number of aromatic nitrogens is 3. The van der Waals surface area contributed by atoms with Crippen LogP contribution in [0.4, 0.5) is 10.2 Å². The maximum absolute atomic E-state index is 13.4. The third-order valence-electron chi connectivity index (χ3n) is 5.57. The summed E-state index contributed by atoms with van der Waals surface area (Å²) in [6, 6.07) is 8.82. The number of benzene rings is 1. The molecular formula is C23H25ClFN5. The zero-order valence-corrected chi connectivity index (χ0v) is 17.4. The molecule has 2 heterocycles. The Morgan fingerprint density at radius 3 is 2.73 bits per heavy atom. The molecule has 1 saturated carbocycles. The largest absolute Gasteiger partial charge is 0.365 e. The van der Waals surface area contributed by atoms with E-state index in [9.17, 15) is 4.39 Å². The van der Waals surface area contributed by atoms with Gasteiger partial charge >= 0.3 is 0 Å². The van der Waals surface area contributed by atoms with Crippen LogP contribution in [0, 0.1) is 11.7 Å². The van der Waals surface area contributed by atoms with Crippen molar-refractivity contribution >= 4 is 17.4 Å². The van der Waals surface area contributed by atoms with E-state index in [1.54, 1.807) is 24.7 Å². The van der Waals surface area contributed by atoms with E-state index in [-0.39, 0.29) is 5.82 Å². The van der Waals surface area contributed by atoms with Crippen molar-refractivity contribution in [3.63, 3.8) is 0 Å². The number of hydrogen-bond acceptors (Lipinski definition) is 5. The lowest BCUT2D eigenvalue weighted by atomic mass is 9.83. The number of nitrogens with two attached hydrogens (primary N) is 1. The van der Waals surface area contributed by atoms with E-state index in [1.165, 1.54) is 12.1 Å². The quantitative estimate of drug-likeness (QED) is 0.581. The molecule has 3 aromatic rings. The summed E-state index contributed by atoms with van der Waals surface area (Å²) in [5.41, 5.74) is 9.36. The van der Waals surface area contributed by atoms with Gasteiger partial charge in [0.2, 0.25) is 0 Å². The summed E-state index contributed by atoms with van der Waals surface area (Å²) < 4.78 is 13.4. The number of pyridine rings is 1. The number of hydrogen-bond donors (Lipinski definition) is 2. The predicted octanol–water partition coefficient (Wildman–Crippen LogP) is 5.00. The van der Waals surface area contributed by atoms with Crippen molar-refractivity contribution in [2.45, 2.75) is 44.7 Å². The molecule has 4 rings (SSSR count). The Morgan fingerprint density at radius 1 is 1.10 bits per heavy atom. The lowest BCUT2D eigenvalue weighted by Gasteiger charge is -2.25.